The Hall–Kier alpha value is -1.03. The monoisotopic (exact) mass is 326 g/mol. The third-order valence-corrected chi connectivity index (χ3v) is 3.33. The standard InChI is InChI=1S/C15H23BrN2O/c1-14(2,3)18-13(19)17-10-15(4,5)11-6-8-12(16)9-7-11/h6-9H,10H2,1-5H3,(H2,17,18,19). The van der Waals surface area contributed by atoms with Crippen molar-refractivity contribution in [2.24, 2.45) is 0 Å². The van der Waals surface area contributed by atoms with E-state index in [4.69, 9.17) is 0 Å². The first-order valence-electron chi connectivity index (χ1n) is 6.42. The molecule has 0 saturated heterocycles. The molecule has 0 unspecified atom stereocenters. The highest BCUT2D eigenvalue weighted by Crippen LogP contribution is 2.23. The zero-order valence-electron chi connectivity index (χ0n) is 12.3. The first-order chi connectivity index (χ1) is 8.60. The Morgan fingerprint density at radius 2 is 1.63 bits per heavy atom. The molecule has 1 aromatic carbocycles. The number of amides is 2. The highest BCUT2D eigenvalue weighted by atomic mass is 79.9. The SMILES string of the molecule is CC(C)(C)NC(=O)NCC(C)(C)c1ccc(Br)cc1. The van der Waals surface area contributed by atoms with E-state index < -0.39 is 0 Å². The van der Waals surface area contributed by atoms with Gasteiger partial charge in [-0.1, -0.05) is 41.9 Å². The second-order valence-corrected chi connectivity index (χ2v) is 7.36. The highest BCUT2D eigenvalue weighted by Gasteiger charge is 2.22. The molecular formula is C15H23BrN2O. The molecule has 0 aliphatic rings. The Morgan fingerprint density at radius 3 is 2.11 bits per heavy atom. The van der Waals surface area contributed by atoms with Crippen molar-refractivity contribution >= 4 is 22.0 Å². The molecule has 19 heavy (non-hydrogen) atoms. The smallest absolute Gasteiger partial charge is 0.315 e. The van der Waals surface area contributed by atoms with Crippen LogP contribution in [0.2, 0.25) is 0 Å². The van der Waals surface area contributed by atoms with Crippen LogP contribution in [0.4, 0.5) is 4.79 Å². The molecule has 1 aromatic rings. The van der Waals surface area contributed by atoms with E-state index in [1.807, 2.05) is 32.9 Å². The van der Waals surface area contributed by atoms with Gasteiger partial charge in [-0.05, 0) is 38.5 Å². The number of carbonyl (C=O) groups excluding carboxylic acids is 1. The molecule has 4 heteroatoms. The summed E-state index contributed by atoms with van der Waals surface area (Å²) in [6, 6.07) is 8.07. The van der Waals surface area contributed by atoms with Gasteiger partial charge in [0, 0.05) is 22.0 Å². The van der Waals surface area contributed by atoms with Crippen LogP contribution in [-0.2, 0) is 5.41 Å². The summed E-state index contributed by atoms with van der Waals surface area (Å²) in [4.78, 5) is 11.8. The Bertz CT molecular complexity index is 432. The fourth-order valence-corrected chi connectivity index (χ4v) is 1.95. The summed E-state index contributed by atoms with van der Waals surface area (Å²) in [5, 5.41) is 5.83. The van der Waals surface area contributed by atoms with Crippen molar-refractivity contribution in [3.8, 4) is 0 Å². The number of hydrogen-bond donors (Lipinski definition) is 2. The van der Waals surface area contributed by atoms with Crippen molar-refractivity contribution in [2.45, 2.75) is 45.6 Å². The van der Waals surface area contributed by atoms with Gasteiger partial charge in [0.15, 0.2) is 0 Å². The van der Waals surface area contributed by atoms with Crippen LogP contribution < -0.4 is 10.6 Å². The first-order valence-corrected chi connectivity index (χ1v) is 7.21. The van der Waals surface area contributed by atoms with Crippen molar-refractivity contribution in [3.63, 3.8) is 0 Å². The van der Waals surface area contributed by atoms with Crippen LogP contribution in [-0.4, -0.2) is 18.1 Å². The first kappa shape index (κ1) is 16.0. The van der Waals surface area contributed by atoms with E-state index >= 15 is 0 Å². The second-order valence-electron chi connectivity index (χ2n) is 6.45. The Kier molecular flexibility index (Phi) is 5.02. The molecule has 0 heterocycles. The zero-order chi connectivity index (χ0) is 14.7. The van der Waals surface area contributed by atoms with Gasteiger partial charge in [0.1, 0.15) is 0 Å². The molecule has 2 N–H and O–H groups in total. The van der Waals surface area contributed by atoms with Gasteiger partial charge >= 0.3 is 6.03 Å². The van der Waals surface area contributed by atoms with E-state index in [1.54, 1.807) is 0 Å². The van der Waals surface area contributed by atoms with Crippen LogP contribution in [0.5, 0.6) is 0 Å². The van der Waals surface area contributed by atoms with Gasteiger partial charge in [-0.15, -0.1) is 0 Å². The number of carbonyl (C=O) groups is 1. The van der Waals surface area contributed by atoms with Crippen molar-refractivity contribution in [1.29, 1.82) is 0 Å². The highest BCUT2D eigenvalue weighted by molar-refractivity contribution is 9.10. The largest absolute Gasteiger partial charge is 0.337 e. The molecule has 0 bridgehead atoms. The lowest BCUT2D eigenvalue weighted by molar-refractivity contribution is 0.229. The molecule has 3 nitrogen and oxygen atoms in total. The van der Waals surface area contributed by atoms with Crippen LogP contribution in [0.3, 0.4) is 0 Å². The lowest BCUT2D eigenvalue weighted by Crippen LogP contribution is -2.49. The van der Waals surface area contributed by atoms with Gasteiger partial charge in [-0.3, -0.25) is 0 Å². The number of nitrogens with one attached hydrogen (secondary N) is 2. The lowest BCUT2D eigenvalue weighted by Gasteiger charge is -2.27. The van der Waals surface area contributed by atoms with Gasteiger partial charge in [0.25, 0.3) is 0 Å². The molecule has 0 aliphatic carbocycles. The molecule has 0 spiro atoms. The molecule has 2 amide bonds. The van der Waals surface area contributed by atoms with Crippen molar-refractivity contribution in [2.75, 3.05) is 6.54 Å². The lowest BCUT2D eigenvalue weighted by atomic mass is 9.85. The van der Waals surface area contributed by atoms with Crippen molar-refractivity contribution < 1.29 is 4.79 Å². The Morgan fingerprint density at radius 1 is 1.11 bits per heavy atom. The third kappa shape index (κ3) is 5.64. The van der Waals surface area contributed by atoms with Crippen LogP contribution in [0.25, 0.3) is 0 Å². The minimum atomic E-state index is -0.216. The van der Waals surface area contributed by atoms with E-state index in [9.17, 15) is 4.79 Å². The maximum Gasteiger partial charge on any atom is 0.315 e. The minimum absolute atomic E-state index is 0.101. The van der Waals surface area contributed by atoms with Crippen molar-refractivity contribution in [1.82, 2.24) is 10.6 Å². The van der Waals surface area contributed by atoms with E-state index in [2.05, 4.69) is 52.5 Å². The second kappa shape index (κ2) is 5.95. The number of rotatable bonds is 3. The number of halogens is 1. The number of urea groups is 1. The van der Waals surface area contributed by atoms with Crippen LogP contribution >= 0.6 is 15.9 Å². The molecule has 0 fully saturated rings. The topological polar surface area (TPSA) is 41.1 Å². The molecule has 0 atom stereocenters. The molecule has 0 aromatic heterocycles. The van der Waals surface area contributed by atoms with Crippen molar-refractivity contribution in [3.05, 3.63) is 34.3 Å². The van der Waals surface area contributed by atoms with Gasteiger partial charge in [-0.2, -0.15) is 0 Å². The molecule has 0 aliphatic heterocycles. The van der Waals surface area contributed by atoms with E-state index in [1.165, 1.54) is 5.56 Å². The quantitative estimate of drug-likeness (QED) is 0.870. The summed E-state index contributed by atoms with van der Waals surface area (Å²) in [6.07, 6.45) is 0. The van der Waals surface area contributed by atoms with Crippen LogP contribution in [0.1, 0.15) is 40.2 Å². The van der Waals surface area contributed by atoms with Crippen LogP contribution in [0.15, 0.2) is 28.7 Å². The Labute approximate surface area is 124 Å². The summed E-state index contributed by atoms with van der Waals surface area (Å²) >= 11 is 3.43. The predicted octanol–water partition coefficient (Wildman–Crippen LogP) is 3.82. The van der Waals surface area contributed by atoms with Gasteiger partial charge in [-0.25, -0.2) is 4.79 Å². The Balaban J connectivity index is 2.60. The molecule has 106 valence electrons. The van der Waals surface area contributed by atoms with E-state index in [0.717, 1.165) is 4.47 Å². The average molecular weight is 327 g/mol. The fourth-order valence-electron chi connectivity index (χ4n) is 1.69. The summed E-state index contributed by atoms with van der Waals surface area (Å²) in [5.41, 5.74) is 0.883. The normalized spacial score (nSPS) is 12.1. The average Bonchev–Trinajstić information content (AvgIpc) is 2.25. The van der Waals surface area contributed by atoms with Gasteiger partial charge in [0.05, 0.1) is 0 Å². The van der Waals surface area contributed by atoms with E-state index in [-0.39, 0.29) is 17.0 Å². The number of benzene rings is 1. The molecule has 0 saturated carbocycles. The van der Waals surface area contributed by atoms with Gasteiger partial charge < -0.3 is 10.6 Å². The summed E-state index contributed by atoms with van der Waals surface area (Å²) in [7, 11) is 0. The molecule has 1 rings (SSSR count). The third-order valence-electron chi connectivity index (χ3n) is 2.81. The summed E-state index contributed by atoms with van der Waals surface area (Å²) < 4.78 is 1.06. The van der Waals surface area contributed by atoms with Crippen LogP contribution in [0, 0.1) is 0 Å². The van der Waals surface area contributed by atoms with E-state index in [0.29, 0.717) is 6.54 Å². The molecular weight excluding hydrogens is 304 g/mol. The predicted molar refractivity (Wildman–Crippen MR) is 83.5 cm³/mol. The fraction of sp³-hybridized carbons (Fsp3) is 0.533. The summed E-state index contributed by atoms with van der Waals surface area (Å²) in [6.45, 7) is 10.7. The van der Waals surface area contributed by atoms with Gasteiger partial charge in [0.2, 0.25) is 0 Å². The minimum Gasteiger partial charge on any atom is -0.337 e. The maximum absolute atomic E-state index is 11.8. The molecule has 0 radical (unpaired) electrons. The summed E-state index contributed by atoms with van der Waals surface area (Å²) in [5.74, 6) is 0. The zero-order valence-corrected chi connectivity index (χ0v) is 13.9. The number of hydrogen-bond acceptors (Lipinski definition) is 1. The maximum atomic E-state index is 11.8.